The number of benzene rings is 1. The third kappa shape index (κ3) is 6.22. The first-order chi connectivity index (χ1) is 9.65. The number of aliphatic hydroxyl groups is 1. The van der Waals surface area contributed by atoms with Crippen LogP contribution in [0, 0.1) is 5.92 Å². The molecule has 1 fully saturated rings. The Morgan fingerprint density at radius 2 is 2.33 bits per heavy atom. The number of nitrogens with one attached hydrogen (secondary N) is 2. The molecule has 0 spiro atoms. The van der Waals surface area contributed by atoms with Crippen molar-refractivity contribution in [3.8, 4) is 0 Å². The molecule has 1 aliphatic heterocycles. The monoisotopic (exact) mass is 332 g/mol. The Hall–Kier alpha value is -0.810. The van der Waals surface area contributed by atoms with Gasteiger partial charge in [0.15, 0.2) is 0 Å². The maximum Gasteiger partial charge on any atom is 0.220 e. The number of rotatable bonds is 6. The van der Waals surface area contributed by atoms with E-state index in [2.05, 4.69) is 10.6 Å². The van der Waals surface area contributed by atoms with Crippen molar-refractivity contribution in [1.29, 1.82) is 0 Å². The second-order valence-electron chi connectivity index (χ2n) is 5.27. The van der Waals surface area contributed by atoms with Gasteiger partial charge in [-0.15, -0.1) is 12.4 Å². The summed E-state index contributed by atoms with van der Waals surface area (Å²) in [6.45, 7) is 2.29. The highest BCUT2D eigenvalue weighted by molar-refractivity contribution is 6.30. The van der Waals surface area contributed by atoms with Crippen LogP contribution >= 0.6 is 24.0 Å². The van der Waals surface area contributed by atoms with Gasteiger partial charge in [-0.3, -0.25) is 4.79 Å². The van der Waals surface area contributed by atoms with Crippen molar-refractivity contribution < 1.29 is 9.90 Å². The molecule has 0 bridgehead atoms. The molecule has 2 atom stereocenters. The quantitative estimate of drug-likeness (QED) is 0.749. The Morgan fingerprint density at radius 1 is 1.52 bits per heavy atom. The average Bonchev–Trinajstić information content (AvgIpc) is 2.95. The summed E-state index contributed by atoms with van der Waals surface area (Å²) in [7, 11) is 0. The lowest BCUT2D eigenvalue weighted by atomic mass is 10.0. The lowest BCUT2D eigenvalue weighted by Gasteiger charge is -2.13. The smallest absolute Gasteiger partial charge is 0.220 e. The summed E-state index contributed by atoms with van der Waals surface area (Å²) >= 11 is 5.87. The third-order valence-corrected chi connectivity index (χ3v) is 3.90. The van der Waals surface area contributed by atoms with E-state index in [0.29, 0.717) is 17.4 Å². The van der Waals surface area contributed by atoms with E-state index in [4.69, 9.17) is 11.6 Å². The Kier molecular flexibility index (Phi) is 8.04. The van der Waals surface area contributed by atoms with Crippen LogP contribution in [0.2, 0.25) is 5.02 Å². The molecule has 2 unspecified atom stereocenters. The molecular formula is C15H22Cl2N2O2. The molecule has 1 aliphatic rings. The lowest BCUT2D eigenvalue weighted by Crippen LogP contribution is -2.28. The predicted octanol–water partition coefficient (Wildman–Crippen LogP) is 2.30. The maximum atomic E-state index is 11.7. The van der Waals surface area contributed by atoms with Crippen molar-refractivity contribution in [2.24, 2.45) is 5.92 Å². The average molecular weight is 333 g/mol. The molecule has 6 heteroatoms. The molecule has 0 radical (unpaired) electrons. The SMILES string of the molecule is Cl.O=C(CCC1CCNC1)NCC(O)c1cccc(Cl)c1. The van der Waals surface area contributed by atoms with E-state index in [-0.39, 0.29) is 24.9 Å². The first kappa shape index (κ1) is 18.2. The van der Waals surface area contributed by atoms with Gasteiger partial charge in [-0.05, 0) is 49.5 Å². The first-order valence-corrected chi connectivity index (χ1v) is 7.44. The van der Waals surface area contributed by atoms with Gasteiger partial charge in [0.25, 0.3) is 0 Å². The second-order valence-corrected chi connectivity index (χ2v) is 5.71. The van der Waals surface area contributed by atoms with E-state index in [1.807, 2.05) is 0 Å². The minimum absolute atomic E-state index is 0. The van der Waals surface area contributed by atoms with Crippen LogP contribution in [0.4, 0.5) is 0 Å². The number of carbonyl (C=O) groups excluding carboxylic acids is 1. The van der Waals surface area contributed by atoms with E-state index < -0.39 is 6.10 Å². The van der Waals surface area contributed by atoms with E-state index >= 15 is 0 Å². The fourth-order valence-electron chi connectivity index (χ4n) is 2.43. The van der Waals surface area contributed by atoms with E-state index in [0.717, 1.165) is 31.5 Å². The molecule has 2 rings (SSSR count). The highest BCUT2D eigenvalue weighted by Crippen LogP contribution is 2.17. The largest absolute Gasteiger partial charge is 0.387 e. The van der Waals surface area contributed by atoms with Crippen LogP contribution in [0.25, 0.3) is 0 Å². The molecular weight excluding hydrogens is 311 g/mol. The summed E-state index contributed by atoms with van der Waals surface area (Å²) in [5, 5.41) is 16.6. The van der Waals surface area contributed by atoms with Crippen LogP contribution in [-0.2, 0) is 4.79 Å². The summed E-state index contributed by atoms with van der Waals surface area (Å²) in [5.41, 5.74) is 0.720. The zero-order valence-corrected chi connectivity index (χ0v) is 13.4. The molecule has 1 heterocycles. The van der Waals surface area contributed by atoms with E-state index in [1.165, 1.54) is 0 Å². The molecule has 0 saturated carbocycles. The van der Waals surface area contributed by atoms with Crippen molar-refractivity contribution in [3.05, 3.63) is 34.9 Å². The molecule has 4 nitrogen and oxygen atoms in total. The number of halogens is 2. The fourth-order valence-corrected chi connectivity index (χ4v) is 2.63. The van der Waals surface area contributed by atoms with Crippen LogP contribution in [0.5, 0.6) is 0 Å². The van der Waals surface area contributed by atoms with Gasteiger partial charge in [-0.2, -0.15) is 0 Å². The molecule has 3 N–H and O–H groups in total. The molecule has 1 saturated heterocycles. The Morgan fingerprint density at radius 3 is 3.00 bits per heavy atom. The van der Waals surface area contributed by atoms with Gasteiger partial charge in [-0.1, -0.05) is 23.7 Å². The van der Waals surface area contributed by atoms with Gasteiger partial charge in [0.1, 0.15) is 0 Å². The standard InChI is InChI=1S/C15H21ClN2O2.ClH/c16-13-3-1-2-12(8-13)14(19)10-18-15(20)5-4-11-6-7-17-9-11;/h1-3,8,11,14,17,19H,4-7,9-10H2,(H,18,20);1H. The summed E-state index contributed by atoms with van der Waals surface area (Å²) in [6.07, 6.45) is 1.87. The summed E-state index contributed by atoms with van der Waals surface area (Å²) in [4.78, 5) is 11.7. The van der Waals surface area contributed by atoms with Crippen molar-refractivity contribution in [3.63, 3.8) is 0 Å². The van der Waals surface area contributed by atoms with Gasteiger partial charge in [0, 0.05) is 18.0 Å². The topological polar surface area (TPSA) is 61.4 Å². The Balaban J connectivity index is 0.00000220. The van der Waals surface area contributed by atoms with Crippen LogP contribution in [-0.4, -0.2) is 30.6 Å². The zero-order valence-electron chi connectivity index (χ0n) is 11.8. The van der Waals surface area contributed by atoms with Gasteiger partial charge in [0.05, 0.1) is 6.10 Å². The van der Waals surface area contributed by atoms with Crippen LogP contribution < -0.4 is 10.6 Å². The minimum Gasteiger partial charge on any atom is -0.387 e. The lowest BCUT2D eigenvalue weighted by molar-refractivity contribution is -0.121. The predicted molar refractivity (Wildman–Crippen MR) is 86.9 cm³/mol. The second kappa shape index (κ2) is 9.26. The zero-order chi connectivity index (χ0) is 14.4. The van der Waals surface area contributed by atoms with E-state index in [1.54, 1.807) is 24.3 Å². The van der Waals surface area contributed by atoms with Crippen molar-refractivity contribution in [1.82, 2.24) is 10.6 Å². The fraction of sp³-hybridized carbons (Fsp3) is 0.533. The van der Waals surface area contributed by atoms with Gasteiger partial charge >= 0.3 is 0 Å². The highest BCUT2D eigenvalue weighted by atomic mass is 35.5. The minimum atomic E-state index is -0.717. The molecule has 118 valence electrons. The summed E-state index contributed by atoms with van der Waals surface area (Å²) < 4.78 is 0. The van der Waals surface area contributed by atoms with Gasteiger partial charge < -0.3 is 15.7 Å². The molecule has 1 aromatic carbocycles. The summed E-state index contributed by atoms with van der Waals surface area (Å²) in [6, 6.07) is 7.05. The number of aliphatic hydroxyl groups excluding tert-OH is 1. The van der Waals surface area contributed by atoms with Crippen molar-refractivity contribution in [2.45, 2.75) is 25.4 Å². The van der Waals surface area contributed by atoms with Crippen molar-refractivity contribution in [2.75, 3.05) is 19.6 Å². The molecule has 0 aliphatic carbocycles. The molecule has 0 aromatic heterocycles. The van der Waals surface area contributed by atoms with Crippen LogP contribution in [0.1, 0.15) is 30.9 Å². The van der Waals surface area contributed by atoms with Crippen molar-refractivity contribution >= 4 is 29.9 Å². The number of carbonyl (C=O) groups is 1. The van der Waals surface area contributed by atoms with Gasteiger partial charge in [-0.25, -0.2) is 0 Å². The molecule has 1 aromatic rings. The Bertz CT molecular complexity index is 451. The molecule has 21 heavy (non-hydrogen) atoms. The highest BCUT2D eigenvalue weighted by Gasteiger charge is 2.16. The van der Waals surface area contributed by atoms with E-state index in [9.17, 15) is 9.90 Å². The normalized spacial score (nSPS) is 18.9. The number of hydrogen-bond acceptors (Lipinski definition) is 3. The summed E-state index contributed by atoms with van der Waals surface area (Å²) in [5.74, 6) is 0.608. The maximum absolute atomic E-state index is 11.7. The third-order valence-electron chi connectivity index (χ3n) is 3.67. The van der Waals surface area contributed by atoms with Crippen LogP contribution in [0.3, 0.4) is 0 Å². The van der Waals surface area contributed by atoms with Crippen LogP contribution in [0.15, 0.2) is 24.3 Å². The molecule has 1 amide bonds. The number of hydrogen-bond donors (Lipinski definition) is 3. The van der Waals surface area contributed by atoms with Gasteiger partial charge in [0.2, 0.25) is 5.91 Å². The number of amides is 1. The first-order valence-electron chi connectivity index (χ1n) is 7.06. The Labute approximate surface area is 136 Å².